The Kier molecular flexibility index (Phi) is 8.16. The van der Waals surface area contributed by atoms with Gasteiger partial charge in [0.1, 0.15) is 0 Å². The molecule has 10 aromatic rings. The van der Waals surface area contributed by atoms with Crippen LogP contribution >= 0.6 is 0 Å². The van der Waals surface area contributed by atoms with Gasteiger partial charge in [0.25, 0.3) is 0 Å². The summed E-state index contributed by atoms with van der Waals surface area (Å²) in [4.78, 5) is 13.4. The Morgan fingerprint density at radius 1 is 0.345 bits per heavy atom. The smallest absolute Gasteiger partial charge is 0.0816 e. The van der Waals surface area contributed by atoms with Crippen molar-refractivity contribution in [2.45, 2.75) is 0 Å². The van der Waals surface area contributed by atoms with Gasteiger partial charge in [-0.25, -0.2) is 9.97 Å². The Hall–Kier alpha value is -7.36. The first-order chi connectivity index (χ1) is 27.3. The Morgan fingerprint density at radius 2 is 0.873 bits per heavy atom. The third kappa shape index (κ3) is 5.89. The molecule has 3 nitrogen and oxygen atoms in total. The predicted molar refractivity (Wildman–Crippen MR) is 231 cm³/mol. The molecule has 2 heterocycles. The van der Waals surface area contributed by atoms with Gasteiger partial charge in [0.2, 0.25) is 0 Å². The molecule has 0 saturated carbocycles. The molecule has 0 aliphatic heterocycles. The van der Waals surface area contributed by atoms with E-state index in [2.05, 4.69) is 211 Å². The van der Waals surface area contributed by atoms with Crippen LogP contribution in [0.15, 0.2) is 212 Å². The Bertz CT molecular complexity index is 2850. The minimum atomic E-state index is 0.893. The molecule has 55 heavy (non-hydrogen) atoms. The van der Waals surface area contributed by atoms with E-state index in [0.29, 0.717) is 0 Å². The third-order valence-electron chi connectivity index (χ3n) is 10.4. The number of rotatable bonds is 7. The standard InChI is InChI=1S/C52H35N3/c1-5-19-36(20-6-1)39-33-47(37-21-7-2-8-22-37)53-48(34-39)43-29-15-16-30-44(43)52-51-49(55(40-24-9-3-10-25-40)41-26-11-4-12-27-41)35-38-23-13-14-28-42(38)50(51)45-31-17-18-32-46(45)54-52/h1-35H. The average Bonchev–Trinajstić information content (AvgIpc) is 3.27. The molecule has 0 bridgehead atoms. The number of nitrogens with zero attached hydrogens (tertiary/aromatic N) is 3. The first kappa shape index (κ1) is 32.3. The van der Waals surface area contributed by atoms with Crippen LogP contribution in [-0.4, -0.2) is 9.97 Å². The van der Waals surface area contributed by atoms with Crippen molar-refractivity contribution in [1.29, 1.82) is 0 Å². The molecule has 0 fully saturated rings. The van der Waals surface area contributed by atoms with Crippen molar-refractivity contribution >= 4 is 49.5 Å². The lowest BCUT2D eigenvalue weighted by Gasteiger charge is -2.29. The number of hydrogen-bond acceptors (Lipinski definition) is 3. The van der Waals surface area contributed by atoms with Crippen molar-refractivity contribution in [3.63, 3.8) is 0 Å². The number of para-hydroxylation sites is 3. The normalized spacial score (nSPS) is 11.3. The van der Waals surface area contributed by atoms with Crippen molar-refractivity contribution in [2.24, 2.45) is 0 Å². The minimum Gasteiger partial charge on any atom is -0.310 e. The number of benzene rings is 8. The first-order valence-corrected chi connectivity index (χ1v) is 18.7. The molecule has 0 saturated heterocycles. The van der Waals surface area contributed by atoms with Gasteiger partial charge in [0.15, 0.2) is 0 Å². The number of hydrogen-bond donors (Lipinski definition) is 0. The second kappa shape index (κ2) is 13.9. The molecule has 258 valence electrons. The number of fused-ring (bicyclic) bond motifs is 5. The van der Waals surface area contributed by atoms with Crippen LogP contribution in [0.4, 0.5) is 17.1 Å². The molecule has 0 N–H and O–H groups in total. The van der Waals surface area contributed by atoms with Gasteiger partial charge in [0, 0.05) is 44.2 Å². The number of aromatic nitrogens is 2. The van der Waals surface area contributed by atoms with Gasteiger partial charge in [-0.1, -0.05) is 164 Å². The van der Waals surface area contributed by atoms with Crippen molar-refractivity contribution < 1.29 is 0 Å². The zero-order chi connectivity index (χ0) is 36.6. The molecule has 0 radical (unpaired) electrons. The molecule has 3 heteroatoms. The van der Waals surface area contributed by atoms with Crippen molar-refractivity contribution in [2.75, 3.05) is 4.90 Å². The Balaban J connectivity index is 1.33. The van der Waals surface area contributed by atoms with E-state index in [1.165, 1.54) is 16.2 Å². The van der Waals surface area contributed by atoms with Gasteiger partial charge >= 0.3 is 0 Å². The summed E-state index contributed by atoms with van der Waals surface area (Å²) >= 11 is 0. The van der Waals surface area contributed by atoms with E-state index in [-0.39, 0.29) is 0 Å². The van der Waals surface area contributed by atoms with Gasteiger partial charge in [0.05, 0.1) is 28.3 Å². The summed E-state index contributed by atoms with van der Waals surface area (Å²) in [6.07, 6.45) is 0. The first-order valence-electron chi connectivity index (χ1n) is 18.7. The predicted octanol–water partition coefficient (Wildman–Crippen LogP) is 14.1. The van der Waals surface area contributed by atoms with E-state index in [4.69, 9.17) is 9.97 Å². The quantitative estimate of drug-likeness (QED) is 0.155. The molecule has 0 unspecified atom stereocenters. The fraction of sp³-hybridized carbons (Fsp3) is 0. The second-order valence-electron chi connectivity index (χ2n) is 13.8. The number of pyridine rings is 2. The summed E-state index contributed by atoms with van der Waals surface area (Å²) in [5, 5.41) is 5.74. The number of anilines is 3. The maximum absolute atomic E-state index is 5.60. The molecule has 0 amide bonds. The third-order valence-corrected chi connectivity index (χ3v) is 10.4. The Morgan fingerprint density at radius 3 is 1.56 bits per heavy atom. The van der Waals surface area contributed by atoms with Crippen LogP contribution < -0.4 is 4.90 Å². The summed E-state index contributed by atoms with van der Waals surface area (Å²) in [5.74, 6) is 0. The van der Waals surface area contributed by atoms with Crippen LogP contribution in [0.3, 0.4) is 0 Å². The van der Waals surface area contributed by atoms with Gasteiger partial charge in [-0.15, -0.1) is 0 Å². The van der Waals surface area contributed by atoms with E-state index in [1.54, 1.807) is 0 Å². The van der Waals surface area contributed by atoms with Gasteiger partial charge < -0.3 is 4.90 Å². The fourth-order valence-electron chi connectivity index (χ4n) is 7.90. The summed E-state index contributed by atoms with van der Waals surface area (Å²) in [5.41, 5.74) is 12.3. The van der Waals surface area contributed by atoms with Crippen molar-refractivity contribution in [1.82, 2.24) is 9.97 Å². The monoisotopic (exact) mass is 701 g/mol. The van der Waals surface area contributed by atoms with Crippen LogP contribution in [-0.2, 0) is 0 Å². The summed E-state index contributed by atoms with van der Waals surface area (Å²) in [6, 6.07) is 75.0. The Labute approximate surface area is 320 Å². The lowest BCUT2D eigenvalue weighted by Crippen LogP contribution is -2.11. The molecule has 0 atom stereocenters. The fourth-order valence-corrected chi connectivity index (χ4v) is 7.90. The maximum Gasteiger partial charge on any atom is 0.0816 e. The summed E-state index contributed by atoms with van der Waals surface area (Å²) in [7, 11) is 0. The van der Waals surface area contributed by atoms with Crippen LogP contribution in [0.1, 0.15) is 0 Å². The van der Waals surface area contributed by atoms with Gasteiger partial charge in [-0.2, -0.15) is 0 Å². The van der Waals surface area contributed by atoms with Crippen LogP contribution in [0.5, 0.6) is 0 Å². The SMILES string of the molecule is c1ccc(-c2cc(-c3ccccc3)nc(-c3ccccc3-c3nc4ccccc4c4c3c(N(c3ccccc3)c3ccccc3)cc3ccccc34)c2)cc1. The molecular weight excluding hydrogens is 667 g/mol. The zero-order valence-corrected chi connectivity index (χ0v) is 30.0. The zero-order valence-electron chi connectivity index (χ0n) is 30.0. The largest absolute Gasteiger partial charge is 0.310 e. The molecule has 8 aromatic carbocycles. The molecule has 10 rings (SSSR count). The average molecular weight is 702 g/mol. The van der Waals surface area contributed by atoms with Crippen LogP contribution in [0.25, 0.3) is 77.3 Å². The van der Waals surface area contributed by atoms with Crippen LogP contribution in [0.2, 0.25) is 0 Å². The summed E-state index contributed by atoms with van der Waals surface area (Å²) < 4.78 is 0. The lowest BCUT2D eigenvalue weighted by atomic mass is 9.90. The maximum atomic E-state index is 5.60. The molecule has 0 aliphatic carbocycles. The van der Waals surface area contributed by atoms with E-state index < -0.39 is 0 Å². The highest BCUT2D eigenvalue weighted by Crippen LogP contribution is 2.48. The minimum absolute atomic E-state index is 0.893. The molecule has 0 spiro atoms. The molecular formula is C52H35N3. The second-order valence-corrected chi connectivity index (χ2v) is 13.8. The highest BCUT2D eigenvalue weighted by Gasteiger charge is 2.24. The summed E-state index contributed by atoms with van der Waals surface area (Å²) in [6.45, 7) is 0. The molecule has 2 aromatic heterocycles. The lowest BCUT2D eigenvalue weighted by molar-refractivity contribution is 1.29. The van der Waals surface area contributed by atoms with E-state index >= 15 is 0 Å². The van der Waals surface area contributed by atoms with Crippen LogP contribution in [0, 0.1) is 0 Å². The van der Waals surface area contributed by atoms with Gasteiger partial charge in [-0.3, -0.25) is 0 Å². The topological polar surface area (TPSA) is 29.0 Å². The van der Waals surface area contributed by atoms with Crippen molar-refractivity contribution in [3.8, 4) is 44.9 Å². The highest BCUT2D eigenvalue weighted by atomic mass is 15.1. The van der Waals surface area contributed by atoms with Gasteiger partial charge in [-0.05, 0) is 70.4 Å². The van der Waals surface area contributed by atoms with E-state index in [0.717, 1.165) is 78.3 Å². The van der Waals surface area contributed by atoms with E-state index in [9.17, 15) is 0 Å². The van der Waals surface area contributed by atoms with Crippen molar-refractivity contribution in [3.05, 3.63) is 212 Å². The molecule has 0 aliphatic rings. The van der Waals surface area contributed by atoms with E-state index in [1.807, 2.05) is 6.07 Å². The highest BCUT2D eigenvalue weighted by molar-refractivity contribution is 6.27.